The standard InChI is InChI=1S/C15H18N6O2/c16-7-13(22)21-8-11(6-12(21)14-17-9-18-20-14)19-15(23)10-4-2-1-3-5-10/h1-5,9,11-12H,6-8,16H2,(H,19,23)(H,17,18,20)/t11-,12+/m1/s1. The Morgan fingerprint density at radius 2 is 2.13 bits per heavy atom. The smallest absolute Gasteiger partial charge is 0.251 e. The van der Waals surface area contributed by atoms with Crippen LogP contribution in [0, 0.1) is 0 Å². The Bertz CT molecular complexity index is 673. The van der Waals surface area contributed by atoms with E-state index in [0.29, 0.717) is 24.4 Å². The van der Waals surface area contributed by atoms with E-state index in [4.69, 9.17) is 5.73 Å². The van der Waals surface area contributed by atoms with Crippen molar-refractivity contribution in [2.45, 2.75) is 18.5 Å². The molecule has 0 unspecified atom stereocenters. The fraction of sp³-hybridized carbons (Fsp3) is 0.333. The molecule has 1 aliphatic rings. The average molecular weight is 314 g/mol. The number of aromatic amines is 1. The van der Waals surface area contributed by atoms with Gasteiger partial charge in [-0.1, -0.05) is 18.2 Å². The highest BCUT2D eigenvalue weighted by molar-refractivity contribution is 5.94. The Labute approximate surface area is 133 Å². The zero-order valence-electron chi connectivity index (χ0n) is 12.5. The van der Waals surface area contributed by atoms with Crippen LogP contribution in [-0.2, 0) is 4.79 Å². The first-order chi connectivity index (χ1) is 11.2. The third kappa shape index (κ3) is 3.21. The molecule has 2 atom stereocenters. The van der Waals surface area contributed by atoms with Crippen LogP contribution in [0.5, 0.6) is 0 Å². The van der Waals surface area contributed by atoms with Crippen LogP contribution >= 0.6 is 0 Å². The summed E-state index contributed by atoms with van der Waals surface area (Å²) in [6, 6.07) is 8.56. The van der Waals surface area contributed by atoms with Gasteiger partial charge in [0.2, 0.25) is 5.91 Å². The second-order valence-electron chi connectivity index (χ2n) is 5.41. The van der Waals surface area contributed by atoms with E-state index < -0.39 is 0 Å². The quantitative estimate of drug-likeness (QED) is 0.724. The summed E-state index contributed by atoms with van der Waals surface area (Å²) in [5.74, 6) is 0.264. The van der Waals surface area contributed by atoms with Crippen molar-refractivity contribution in [2.24, 2.45) is 5.73 Å². The Kier molecular flexibility index (Phi) is 4.33. The lowest BCUT2D eigenvalue weighted by Gasteiger charge is -2.21. The number of H-pyrrole nitrogens is 1. The number of aromatic nitrogens is 3. The van der Waals surface area contributed by atoms with Gasteiger partial charge in [0.25, 0.3) is 5.91 Å². The van der Waals surface area contributed by atoms with Crippen LogP contribution in [0.2, 0.25) is 0 Å². The predicted octanol–water partition coefficient (Wildman–Crippen LogP) is -0.165. The molecule has 2 aromatic rings. The van der Waals surface area contributed by atoms with Crippen LogP contribution in [0.25, 0.3) is 0 Å². The maximum absolute atomic E-state index is 12.3. The fourth-order valence-electron chi connectivity index (χ4n) is 2.83. The minimum atomic E-state index is -0.255. The van der Waals surface area contributed by atoms with Crippen LogP contribution < -0.4 is 11.1 Å². The molecule has 2 heterocycles. The molecule has 8 heteroatoms. The Morgan fingerprint density at radius 3 is 2.78 bits per heavy atom. The molecule has 1 aromatic carbocycles. The van der Waals surface area contributed by atoms with E-state index in [1.165, 1.54) is 6.33 Å². The van der Waals surface area contributed by atoms with Crippen molar-refractivity contribution in [1.29, 1.82) is 0 Å². The number of carbonyl (C=O) groups excluding carboxylic acids is 2. The number of hydrogen-bond acceptors (Lipinski definition) is 5. The van der Waals surface area contributed by atoms with Crippen molar-refractivity contribution in [3.63, 3.8) is 0 Å². The van der Waals surface area contributed by atoms with E-state index in [-0.39, 0.29) is 30.4 Å². The van der Waals surface area contributed by atoms with Crippen LogP contribution in [0.1, 0.15) is 28.6 Å². The van der Waals surface area contributed by atoms with Crippen LogP contribution in [0.15, 0.2) is 36.7 Å². The van der Waals surface area contributed by atoms with Gasteiger partial charge in [-0.25, -0.2) is 0 Å². The van der Waals surface area contributed by atoms with E-state index in [0.717, 1.165) is 0 Å². The second-order valence-corrected chi connectivity index (χ2v) is 5.41. The highest BCUT2D eigenvalue weighted by Crippen LogP contribution is 2.29. The van der Waals surface area contributed by atoms with E-state index in [1.807, 2.05) is 18.2 Å². The normalized spacial score (nSPS) is 20.5. The number of rotatable bonds is 4. The molecule has 23 heavy (non-hydrogen) atoms. The predicted molar refractivity (Wildman–Crippen MR) is 82.2 cm³/mol. The summed E-state index contributed by atoms with van der Waals surface area (Å²) >= 11 is 0. The zero-order chi connectivity index (χ0) is 16.2. The molecular weight excluding hydrogens is 296 g/mol. The van der Waals surface area contributed by atoms with Gasteiger partial charge < -0.3 is 20.9 Å². The first-order valence-corrected chi connectivity index (χ1v) is 7.40. The lowest BCUT2D eigenvalue weighted by molar-refractivity contribution is -0.130. The molecule has 0 spiro atoms. The van der Waals surface area contributed by atoms with Gasteiger partial charge in [-0.2, -0.15) is 0 Å². The highest BCUT2D eigenvalue weighted by atomic mass is 16.2. The van der Waals surface area contributed by atoms with Gasteiger partial charge in [-0.15, -0.1) is 10.2 Å². The number of likely N-dealkylation sites (tertiary alicyclic amines) is 1. The van der Waals surface area contributed by atoms with E-state index in [2.05, 4.69) is 20.5 Å². The van der Waals surface area contributed by atoms with Crippen LogP contribution in [0.3, 0.4) is 0 Å². The molecule has 1 aromatic heterocycles. The lowest BCUT2D eigenvalue weighted by atomic mass is 10.1. The van der Waals surface area contributed by atoms with Crippen molar-refractivity contribution >= 4 is 11.8 Å². The largest absolute Gasteiger partial charge is 0.347 e. The third-order valence-corrected chi connectivity index (χ3v) is 3.92. The number of nitrogens with zero attached hydrogens (tertiary/aromatic N) is 3. The molecule has 1 aliphatic heterocycles. The minimum Gasteiger partial charge on any atom is -0.347 e. The molecule has 8 nitrogen and oxygen atoms in total. The summed E-state index contributed by atoms with van der Waals surface area (Å²) in [6.07, 6.45) is 2.04. The monoisotopic (exact) mass is 314 g/mol. The molecule has 0 aliphatic carbocycles. The summed E-state index contributed by atoms with van der Waals surface area (Å²) in [5.41, 5.74) is 6.07. The summed E-state index contributed by atoms with van der Waals surface area (Å²) < 4.78 is 0. The first kappa shape index (κ1) is 15.2. The third-order valence-electron chi connectivity index (χ3n) is 3.92. The van der Waals surface area contributed by atoms with Crippen molar-refractivity contribution in [3.05, 3.63) is 48.0 Å². The van der Waals surface area contributed by atoms with Gasteiger partial charge in [0, 0.05) is 18.2 Å². The summed E-state index contributed by atoms with van der Waals surface area (Å²) in [7, 11) is 0. The molecule has 3 rings (SSSR count). The average Bonchev–Trinajstić information content (AvgIpc) is 3.24. The van der Waals surface area contributed by atoms with E-state index in [9.17, 15) is 9.59 Å². The van der Waals surface area contributed by atoms with E-state index in [1.54, 1.807) is 17.0 Å². The maximum Gasteiger partial charge on any atom is 0.251 e. The molecular formula is C15H18N6O2. The van der Waals surface area contributed by atoms with Gasteiger partial charge in [-0.3, -0.25) is 9.59 Å². The second kappa shape index (κ2) is 6.57. The minimum absolute atomic E-state index is 0.0794. The number of benzene rings is 1. The molecule has 0 saturated carbocycles. The SMILES string of the molecule is NCC(=O)N1C[C@H](NC(=O)c2ccccc2)C[C@H]1c1nnc[nH]1. The Morgan fingerprint density at radius 1 is 1.35 bits per heavy atom. The topological polar surface area (TPSA) is 117 Å². The number of carbonyl (C=O) groups is 2. The molecule has 2 amide bonds. The number of hydrogen-bond donors (Lipinski definition) is 3. The van der Waals surface area contributed by atoms with Gasteiger partial charge in [0.05, 0.1) is 12.6 Å². The number of amides is 2. The molecule has 4 N–H and O–H groups in total. The zero-order valence-corrected chi connectivity index (χ0v) is 12.5. The van der Waals surface area contributed by atoms with Gasteiger partial charge in [0.1, 0.15) is 6.33 Å². The van der Waals surface area contributed by atoms with Gasteiger partial charge in [0.15, 0.2) is 5.82 Å². The molecule has 0 bridgehead atoms. The van der Waals surface area contributed by atoms with Crippen LogP contribution in [-0.4, -0.2) is 51.0 Å². The highest BCUT2D eigenvalue weighted by Gasteiger charge is 2.38. The molecule has 1 saturated heterocycles. The Hall–Kier alpha value is -2.74. The van der Waals surface area contributed by atoms with Crippen molar-refractivity contribution < 1.29 is 9.59 Å². The number of nitrogens with one attached hydrogen (secondary N) is 2. The van der Waals surface area contributed by atoms with Gasteiger partial charge in [-0.05, 0) is 18.6 Å². The molecule has 0 radical (unpaired) electrons. The van der Waals surface area contributed by atoms with E-state index >= 15 is 0 Å². The summed E-state index contributed by atoms with van der Waals surface area (Å²) in [5, 5.41) is 10.7. The van der Waals surface area contributed by atoms with Crippen molar-refractivity contribution in [1.82, 2.24) is 25.4 Å². The fourth-order valence-corrected chi connectivity index (χ4v) is 2.83. The lowest BCUT2D eigenvalue weighted by Crippen LogP contribution is -2.40. The number of nitrogens with two attached hydrogens (primary N) is 1. The first-order valence-electron chi connectivity index (χ1n) is 7.40. The summed E-state index contributed by atoms with van der Waals surface area (Å²) in [6.45, 7) is 0.323. The van der Waals surface area contributed by atoms with Crippen LogP contribution in [0.4, 0.5) is 0 Å². The Balaban J connectivity index is 1.72. The maximum atomic E-state index is 12.3. The summed E-state index contributed by atoms with van der Waals surface area (Å²) in [4.78, 5) is 28.9. The van der Waals surface area contributed by atoms with Crippen molar-refractivity contribution in [2.75, 3.05) is 13.1 Å². The van der Waals surface area contributed by atoms with Gasteiger partial charge >= 0.3 is 0 Å². The molecule has 1 fully saturated rings. The molecule has 120 valence electrons. The van der Waals surface area contributed by atoms with Crippen molar-refractivity contribution in [3.8, 4) is 0 Å².